The lowest BCUT2D eigenvalue weighted by Gasteiger charge is -2.18. The molecule has 2 aromatic carbocycles. The molecule has 0 amide bonds. The Morgan fingerprint density at radius 2 is 1.95 bits per heavy atom. The summed E-state index contributed by atoms with van der Waals surface area (Å²) in [6, 6.07) is 15.8. The van der Waals surface area contributed by atoms with Gasteiger partial charge in [-0.1, -0.05) is 23.8 Å². The van der Waals surface area contributed by atoms with Gasteiger partial charge in [0.25, 0.3) is 0 Å². The first-order valence-electron chi connectivity index (χ1n) is 7.04. The largest absolute Gasteiger partial charge is 0.508 e. The van der Waals surface area contributed by atoms with Crippen LogP contribution in [-0.2, 0) is 0 Å². The van der Waals surface area contributed by atoms with Crippen molar-refractivity contribution in [2.45, 2.75) is 19.9 Å². The Bertz CT molecular complexity index is 783. The molecule has 0 radical (unpaired) electrons. The summed E-state index contributed by atoms with van der Waals surface area (Å²) in [6.07, 6.45) is 1.79. The smallest absolute Gasteiger partial charge is 0.120 e. The van der Waals surface area contributed by atoms with Crippen LogP contribution >= 0.6 is 0 Å². The van der Waals surface area contributed by atoms with E-state index in [0.717, 1.165) is 27.7 Å². The standard InChI is InChI=1S/C18H18N2O/c1-12-5-8-18(21)16(10-12)13(2)20-15-6-7-17-14(11-15)4-3-9-19-17/h3-11,13,20-21H,1-2H3. The molecular weight excluding hydrogens is 260 g/mol. The molecule has 3 nitrogen and oxygen atoms in total. The van der Waals surface area contributed by atoms with E-state index in [-0.39, 0.29) is 6.04 Å². The fourth-order valence-corrected chi connectivity index (χ4v) is 2.51. The van der Waals surface area contributed by atoms with Crippen LogP contribution in [0.15, 0.2) is 54.7 Å². The molecule has 106 valence electrons. The van der Waals surface area contributed by atoms with Crippen molar-refractivity contribution in [1.82, 2.24) is 4.98 Å². The number of aromatic hydroxyl groups is 1. The van der Waals surface area contributed by atoms with Crippen molar-refractivity contribution in [3.63, 3.8) is 0 Å². The van der Waals surface area contributed by atoms with Crippen molar-refractivity contribution >= 4 is 16.6 Å². The van der Waals surface area contributed by atoms with Gasteiger partial charge in [-0.2, -0.15) is 0 Å². The van der Waals surface area contributed by atoms with E-state index >= 15 is 0 Å². The SMILES string of the molecule is Cc1ccc(O)c(C(C)Nc2ccc3ncccc3c2)c1. The highest BCUT2D eigenvalue weighted by atomic mass is 16.3. The molecule has 1 heterocycles. The summed E-state index contributed by atoms with van der Waals surface area (Å²) in [5.74, 6) is 0.322. The second-order valence-electron chi connectivity index (χ2n) is 5.34. The number of aromatic nitrogens is 1. The average Bonchev–Trinajstić information content (AvgIpc) is 2.49. The van der Waals surface area contributed by atoms with Gasteiger partial charge in [-0.05, 0) is 44.2 Å². The Balaban J connectivity index is 1.88. The summed E-state index contributed by atoms with van der Waals surface area (Å²) < 4.78 is 0. The molecule has 1 atom stereocenters. The number of nitrogens with zero attached hydrogens (tertiary/aromatic N) is 1. The number of phenols is 1. The number of pyridine rings is 1. The van der Waals surface area contributed by atoms with E-state index in [1.807, 2.05) is 50.2 Å². The Morgan fingerprint density at radius 1 is 1.10 bits per heavy atom. The Kier molecular flexibility index (Phi) is 3.48. The lowest BCUT2D eigenvalue weighted by atomic mass is 10.0. The quantitative estimate of drug-likeness (QED) is 0.745. The van der Waals surface area contributed by atoms with Crippen molar-refractivity contribution in [3.8, 4) is 5.75 Å². The summed E-state index contributed by atoms with van der Waals surface area (Å²) >= 11 is 0. The third kappa shape index (κ3) is 2.82. The second kappa shape index (κ2) is 5.44. The van der Waals surface area contributed by atoms with Gasteiger partial charge in [-0.3, -0.25) is 4.98 Å². The summed E-state index contributed by atoms with van der Waals surface area (Å²) in [6.45, 7) is 4.07. The zero-order valence-corrected chi connectivity index (χ0v) is 12.2. The number of hydrogen-bond donors (Lipinski definition) is 2. The molecular formula is C18H18N2O. The van der Waals surface area contributed by atoms with E-state index in [0.29, 0.717) is 5.75 Å². The third-order valence-electron chi connectivity index (χ3n) is 3.64. The zero-order valence-electron chi connectivity index (χ0n) is 12.2. The average molecular weight is 278 g/mol. The van der Waals surface area contributed by atoms with Crippen LogP contribution in [0.5, 0.6) is 5.75 Å². The summed E-state index contributed by atoms with van der Waals surface area (Å²) in [5, 5.41) is 14.5. The molecule has 1 aromatic heterocycles. The first kappa shape index (κ1) is 13.4. The Morgan fingerprint density at radius 3 is 2.81 bits per heavy atom. The Hall–Kier alpha value is -2.55. The van der Waals surface area contributed by atoms with Gasteiger partial charge in [0, 0.05) is 22.8 Å². The second-order valence-corrected chi connectivity index (χ2v) is 5.34. The molecule has 0 aliphatic carbocycles. The molecule has 0 aliphatic heterocycles. The normalized spacial score (nSPS) is 12.3. The maximum Gasteiger partial charge on any atom is 0.120 e. The van der Waals surface area contributed by atoms with E-state index in [1.165, 1.54) is 0 Å². The van der Waals surface area contributed by atoms with E-state index in [4.69, 9.17) is 0 Å². The molecule has 3 rings (SSSR count). The number of hydrogen-bond acceptors (Lipinski definition) is 3. The van der Waals surface area contributed by atoms with Gasteiger partial charge in [0.15, 0.2) is 0 Å². The molecule has 21 heavy (non-hydrogen) atoms. The van der Waals surface area contributed by atoms with E-state index in [1.54, 1.807) is 12.3 Å². The highest BCUT2D eigenvalue weighted by Crippen LogP contribution is 2.28. The number of anilines is 1. The molecule has 0 aliphatic rings. The van der Waals surface area contributed by atoms with Gasteiger partial charge in [-0.25, -0.2) is 0 Å². The maximum absolute atomic E-state index is 10.0. The van der Waals surface area contributed by atoms with Crippen molar-refractivity contribution in [2.75, 3.05) is 5.32 Å². The van der Waals surface area contributed by atoms with Crippen LogP contribution in [0.25, 0.3) is 10.9 Å². The number of rotatable bonds is 3. The molecule has 1 unspecified atom stereocenters. The van der Waals surface area contributed by atoms with Gasteiger partial charge < -0.3 is 10.4 Å². The number of nitrogens with one attached hydrogen (secondary N) is 1. The van der Waals surface area contributed by atoms with Crippen LogP contribution in [0.4, 0.5) is 5.69 Å². The summed E-state index contributed by atoms with van der Waals surface area (Å²) in [5.41, 5.74) is 4.04. The monoisotopic (exact) mass is 278 g/mol. The Labute approximate surface area is 124 Å². The third-order valence-corrected chi connectivity index (χ3v) is 3.64. The van der Waals surface area contributed by atoms with Crippen LogP contribution in [0.1, 0.15) is 24.1 Å². The highest BCUT2D eigenvalue weighted by molar-refractivity contribution is 5.82. The van der Waals surface area contributed by atoms with Gasteiger partial charge in [0.2, 0.25) is 0 Å². The van der Waals surface area contributed by atoms with Crippen LogP contribution in [-0.4, -0.2) is 10.1 Å². The topological polar surface area (TPSA) is 45.1 Å². The molecule has 3 aromatic rings. The molecule has 0 spiro atoms. The number of fused-ring (bicyclic) bond motifs is 1. The number of aryl methyl sites for hydroxylation is 1. The van der Waals surface area contributed by atoms with Gasteiger partial charge in [-0.15, -0.1) is 0 Å². The fourth-order valence-electron chi connectivity index (χ4n) is 2.51. The summed E-state index contributed by atoms with van der Waals surface area (Å²) in [7, 11) is 0. The molecule has 2 N–H and O–H groups in total. The van der Waals surface area contributed by atoms with Crippen molar-refractivity contribution in [1.29, 1.82) is 0 Å². The van der Waals surface area contributed by atoms with Crippen molar-refractivity contribution < 1.29 is 5.11 Å². The summed E-state index contributed by atoms with van der Waals surface area (Å²) in [4.78, 5) is 4.32. The predicted molar refractivity (Wildman–Crippen MR) is 86.6 cm³/mol. The first-order valence-corrected chi connectivity index (χ1v) is 7.04. The van der Waals surface area contributed by atoms with Gasteiger partial charge >= 0.3 is 0 Å². The van der Waals surface area contributed by atoms with Crippen LogP contribution in [0, 0.1) is 6.92 Å². The maximum atomic E-state index is 10.0. The first-order chi connectivity index (χ1) is 10.1. The number of benzene rings is 2. The highest BCUT2D eigenvalue weighted by Gasteiger charge is 2.10. The van der Waals surface area contributed by atoms with Gasteiger partial charge in [0.1, 0.15) is 5.75 Å². The van der Waals surface area contributed by atoms with Crippen molar-refractivity contribution in [3.05, 3.63) is 65.9 Å². The van der Waals surface area contributed by atoms with Crippen LogP contribution < -0.4 is 5.32 Å². The fraction of sp³-hybridized carbons (Fsp3) is 0.167. The lowest BCUT2D eigenvalue weighted by molar-refractivity contribution is 0.465. The predicted octanol–water partition coefficient (Wildman–Crippen LogP) is 4.42. The molecule has 3 heteroatoms. The molecule has 0 bridgehead atoms. The van der Waals surface area contributed by atoms with Crippen molar-refractivity contribution in [2.24, 2.45) is 0 Å². The lowest BCUT2D eigenvalue weighted by Crippen LogP contribution is -2.07. The van der Waals surface area contributed by atoms with Gasteiger partial charge in [0.05, 0.1) is 11.6 Å². The molecule has 0 saturated carbocycles. The number of phenolic OH excluding ortho intramolecular Hbond substituents is 1. The minimum atomic E-state index is 0.0269. The van der Waals surface area contributed by atoms with Crippen LogP contribution in [0.2, 0.25) is 0 Å². The van der Waals surface area contributed by atoms with E-state index < -0.39 is 0 Å². The molecule has 0 saturated heterocycles. The minimum absolute atomic E-state index is 0.0269. The zero-order chi connectivity index (χ0) is 14.8. The minimum Gasteiger partial charge on any atom is -0.508 e. The molecule has 0 fully saturated rings. The van der Waals surface area contributed by atoms with E-state index in [2.05, 4.69) is 16.4 Å². The van der Waals surface area contributed by atoms with E-state index in [9.17, 15) is 5.11 Å². The van der Waals surface area contributed by atoms with Crippen LogP contribution in [0.3, 0.4) is 0 Å².